The van der Waals surface area contributed by atoms with Crippen LogP contribution < -0.4 is 0 Å². The van der Waals surface area contributed by atoms with E-state index in [0.717, 1.165) is 24.2 Å². The molecule has 1 aliphatic carbocycles. The van der Waals surface area contributed by atoms with Gasteiger partial charge >= 0.3 is 0 Å². The minimum atomic E-state index is -0.207. The normalized spacial score (nSPS) is 26.7. The summed E-state index contributed by atoms with van der Waals surface area (Å²) in [5.41, 5.74) is 0. The smallest absolute Gasteiger partial charge is 0.123 e. The van der Waals surface area contributed by atoms with Crippen LogP contribution in [0.15, 0.2) is 29.2 Å². The summed E-state index contributed by atoms with van der Waals surface area (Å²) in [6.45, 7) is 0. The first-order valence-corrected chi connectivity index (χ1v) is 5.74. The average molecular weight is 212 g/mol. The third kappa shape index (κ3) is 2.28. The highest BCUT2D eigenvalue weighted by Crippen LogP contribution is 2.34. The van der Waals surface area contributed by atoms with Crippen molar-refractivity contribution in [1.82, 2.24) is 0 Å². The lowest BCUT2D eigenvalue weighted by atomic mass is 10.3. The third-order valence-corrected chi connectivity index (χ3v) is 3.92. The van der Waals surface area contributed by atoms with Crippen molar-refractivity contribution in [3.8, 4) is 0 Å². The fraction of sp³-hybridized carbons (Fsp3) is 0.455. The predicted molar refractivity (Wildman–Crippen MR) is 55.9 cm³/mol. The maximum absolute atomic E-state index is 12.6. The maximum Gasteiger partial charge on any atom is 0.123 e. The molecule has 1 aliphatic rings. The Morgan fingerprint density at radius 3 is 2.50 bits per heavy atom. The van der Waals surface area contributed by atoms with Crippen LogP contribution in [0, 0.1) is 5.82 Å². The molecule has 0 bridgehead atoms. The second-order valence-electron chi connectivity index (χ2n) is 3.61. The lowest BCUT2D eigenvalue weighted by Crippen LogP contribution is -2.14. The number of thioether (sulfide) groups is 1. The van der Waals surface area contributed by atoms with E-state index in [9.17, 15) is 9.50 Å². The summed E-state index contributed by atoms with van der Waals surface area (Å²) in [6.07, 6.45) is 2.87. The number of hydrogen-bond donors (Lipinski definition) is 1. The van der Waals surface area contributed by atoms with E-state index in [4.69, 9.17) is 0 Å². The van der Waals surface area contributed by atoms with Crippen molar-refractivity contribution < 1.29 is 9.50 Å². The number of hydrogen-bond acceptors (Lipinski definition) is 2. The van der Waals surface area contributed by atoms with Crippen LogP contribution in [-0.4, -0.2) is 16.5 Å². The number of benzene rings is 1. The second kappa shape index (κ2) is 4.32. The van der Waals surface area contributed by atoms with Gasteiger partial charge in [0.15, 0.2) is 0 Å². The van der Waals surface area contributed by atoms with Crippen LogP contribution in [-0.2, 0) is 0 Å². The van der Waals surface area contributed by atoms with Crippen molar-refractivity contribution in [2.45, 2.75) is 35.5 Å². The summed E-state index contributed by atoms with van der Waals surface area (Å²) in [6, 6.07) is 6.46. The first-order valence-electron chi connectivity index (χ1n) is 4.86. The molecular formula is C11H13FOS. The molecule has 0 aromatic heterocycles. The van der Waals surface area contributed by atoms with Crippen LogP contribution in [0.2, 0.25) is 0 Å². The van der Waals surface area contributed by atoms with Gasteiger partial charge < -0.3 is 5.11 Å². The first-order chi connectivity index (χ1) is 6.75. The molecule has 1 aromatic carbocycles. The van der Waals surface area contributed by atoms with E-state index in [2.05, 4.69) is 0 Å². The number of aliphatic hydroxyl groups excluding tert-OH is 1. The number of aliphatic hydroxyl groups is 1. The van der Waals surface area contributed by atoms with Crippen LogP contribution in [0.25, 0.3) is 0 Å². The summed E-state index contributed by atoms with van der Waals surface area (Å²) < 4.78 is 12.6. The number of halogens is 1. The summed E-state index contributed by atoms with van der Waals surface area (Å²) in [7, 11) is 0. The molecule has 0 spiro atoms. The summed E-state index contributed by atoms with van der Waals surface area (Å²) in [5, 5.41) is 9.90. The Morgan fingerprint density at radius 2 is 1.93 bits per heavy atom. The van der Waals surface area contributed by atoms with Crippen molar-refractivity contribution in [3.63, 3.8) is 0 Å². The van der Waals surface area contributed by atoms with Crippen LogP contribution in [0.1, 0.15) is 19.3 Å². The van der Waals surface area contributed by atoms with E-state index < -0.39 is 0 Å². The molecule has 2 rings (SSSR count). The Kier molecular flexibility index (Phi) is 3.08. The largest absolute Gasteiger partial charge is 0.392 e. The van der Waals surface area contributed by atoms with Crippen LogP contribution >= 0.6 is 11.8 Å². The fourth-order valence-corrected chi connectivity index (χ4v) is 2.95. The molecule has 2 unspecified atom stereocenters. The van der Waals surface area contributed by atoms with Crippen LogP contribution in [0.4, 0.5) is 4.39 Å². The quantitative estimate of drug-likeness (QED) is 0.813. The summed E-state index contributed by atoms with van der Waals surface area (Å²) in [4.78, 5) is 1.04. The van der Waals surface area contributed by atoms with Crippen molar-refractivity contribution in [2.24, 2.45) is 0 Å². The van der Waals surface area contributed by atoms with E-state index in [1.807, 2.05) is 0 Å². The molecule has 2 atom stereocenters. The lowest BCUT2D eigenvalue weighted by Gasteiger charge is -2.13. The van der Waals surface area contributed by atoms with Crippen LogP contribution in [0.3, 0.4) is 0 Å². The Morgan fingerprint density at radius 1 is 1.21 bits per heavy atom. The molecule has 0 amide bonds. The molecule has 14 heavy (non-hydrogen) atoms. The molecule has 1 N–H and O–H groups in total. The lowest BCUT2D eigenvalue weighted by molar-refractivity contribution is 0.188. The maximum atomic E-state index is 12.6. The minimum Gasteiger partial charge on any atom is -0.392 e. The molecule has 76 valence electrons. The van der Waals surface area contributed by atoms with E-state index in [1.54, 1.807) is 23.9 Å². The van der Waals surface area contributed by atoms with Crippen molar-refractivity contribution in [2.75, 3.05) is 0 Å². The molecule has 3 heteroatoms. The predicted octanol–water partition coefficient (Wildman–Crippen LogP) is 2.83. The van der Waals surface area contributed by atoms with Gasteiger partial charge in [-0.2, -0.15) is 0 Å². The molecule has 1 aromatic rings. The zero-order valence-corrected chi connectivity index (χ0v) is 8.64. The Hall–Kier alpha value is -0.540. The Balaban J connectivity index is 2.00. The van der Waals surface area contributed by atoms with Gasteiger partial charge in [0.05, 0.1) is 6.10 Å². The minimum absolute atomic E-state index is 0.190. The van der Waals surface area contributed by atoms with E-state index in [-0.39, 0.29) is 11.9 Å². The molecule has 1 fully saturated rings. The second-order valence-corrected chi connectivity index (χ2v) is 4.92. The molecule has 1 nitrogen and oxygen atoms in total. The molecule has 0 saturated heterocycles. The average Bonchev–Trinajstić information content (AvgIpc) is 2.56. The van der Waals surface area contributed by atoms with Crippen LogP contribution in [0.5, 0.6) is 0 Å². The Bertz CT molecular complexity index is 299. The van der Waals surface area contributed by atoms with Crippen molar-refractivity contribution in [3.05, 3.63) is 30.1 Å². The van der Waals surface area contributed by atoms with Gasteiger partial charge in [-0.25, -0.2) is 4.39 Å². The van der Waals surface area contributed by atoms with Crippen molar-refractivity contribution >= 4 is 11.8 Å². The zero-order valence-electron chi connectivity index (χ0n) is 7.82. The zero-order chi connectivity index (χ0) is 9.97. The van der Waals surface area contributed by atoms with Gasteiger partial charge in [0.2, 0.25) is 0 Å². The summed E-state index contributed by atoms with van der Waals surface area (Å²) >= 11 is 1.65. The van der Waals surface area contributed by atoms with Gasteiger partial charge in [-0.1, -0.05) is 0 Å². The molecule has 0 radical (unpaired) electrons. The molecule has 0 aliphatic heterocycles. The topological polar surface area (TPSA) is 20.2 Å². The fourth-order valence-electron chi connectivity index (χ4n) is 1.73. The summed E-state index contributed by atoms with van der Waals surface area (Å²) in [5.74, 6) is -0.207. The SMILES string of the molecule is OC1CCCC1Sc1ccc(F)cc1. The Labute approximate surface area is 87.3 Å². The highest BCUT2D eigenvalue weighted by atomic mass is 32.2. The molecule has 0 heterocycles. The van der Waals surface area contributed by atoms with E-state index >= 15 is 0 Å². The third-order valence-electron chi connectivity index (χ3n) is 2.52. The van der Waals surface area contributed by atoms with E-state index in [1.165, 1.54) is 12.1 Å². The highest BCUT2D eigenvalue weighted by molar-refractivity contribution is 8.00. The molecule has 1 saturated carbocycles. The van der Waals surface area contributed by atoms with Gasteiger partial charge in [-0.3, -0.25) is 0 Å². The first kappa shape index (κ1) is 9.99. The monoisotopic (exact) mass is 212 g/mol. The van der Waals surface area contributed by atoms with Crippen molar-refractivity contribution in [1.29, 1.82) is 0 Å². The number of rotatable bonds is 2. The standard InChI is InChI=1S/C11H13FOS/c12-8-4-6-9(7-5-8)14-11-3-1-2-10(11)13/h4-7,10-11,13H,1-3H2. The van der Waals surface area contributed by atoms with E-state index in [0.29, 0.717) is 5.25 Å². The molecular weight excluding hydrogens is 199 g/mol. The van der Waals surface area contributed by atoms with Gasteiger partial charge in [0, 0.05) is 10.1 Å². The van der Waals surface area contributed by atoms with Gasteiger partial charge in [-0.15, -0.1) is 11.8 Å². The highest BCUT2D eigenvalue weighted by Gasteiger charge is 2.25. The van der Waals surface area contributed by atoms with Gasteiger partial charge in [-0.05, 0) is 43.5 Å². The van der Waals surface area contributed by atoms with Gasteiger partial charge in [0.1, 0.15) is 5.82 Å². The van der Waals surface area contributed by atoms with Gasteiger partial charge in [0.25, 0.3) is 0 Å².